The normalized spacial score (nSPS) is 10.4. The SMILES string of the molecule is Oc1cccc(CNc2cncc(-c3ccccc3O)c2)c1. The van der Waals surface area contributed by atoms with Gasteiger partial charge in [0.05, 0.1) is 5.69 Å². The van der Waals surface area contributed by atoms with Crippen molar-refractivity contribution in [2.75, 3.05) is 5.32 Å². The van der Waals surface area contributed by atoms with Crippen molar-refractivity contribution in [2.45, 2.75) is 6.54 Å². The molecule has 110 valence electrons. The van der Waals surface area contributed by atoms with E-state index in [0.717, 1.165) is 22.4 Å². The summed E-state index contributed by atoms with van der Waals surface area (Å²) in [6.45, 7) is 0.584. The first-order valence-electron chi connectivity index (χ1n) is 6.97. The van der Waals surface area contributed by atoms with Crippen LogP contribution in [0.2, 0.25) is 0 Å². The number of anilines is 1. The topological polar surface area (TPSA) is 65.4 Å². The van der Waals surface area contributed by atoms with Crippen molar-refractivity contribution in [3.8, 4) is 22.6 Å². The molecule has 0 unspecified atom stereocenters. The molecule has 3 N–H and O–H groups in total. The highest BCUT2D eigenvalue weighted by Crippen LogP contribution is 2.29. The van der Waals surface area contributed by atoms with E-state index in [4.69, 9.17) is 0 Å². The zero-order valence-corrected chi connectivity index (χ0v) is 11.9. The lowest BCUT2D eigenvalue weighted by atomic mass is 10.1. The Kier molecular flexibility index (Phi) is 3.92. The summed E-state index contributed by atoms with van der Waals surface area (Å²) in [5.41, 5.74) is 3.42. The molecule has 1 heterocycles. The van der Waals surface area contributed by atoms with Crippen LogP contribution in [0.25, 0.3) is 11.1 Å². The van der Waals surface area contributed by atoms with Gasteiger partial charge in [0, 0.05) is 30.1 Å². The van der Waals surface area contributed by atoms with Gasteiger partial charge in [0.1, 0.15) is 11.5 Å². The molecule has 0 fully saturated rings. The van der Waals surface area contributed by atoms with E-state index in [9.17, 15) is 10.2 Å². The van der Waals surface area contributed by atoms with E-state index >= 15 is 0 Å². The van der Waals surface area contributed by atoms with Gasteiger partial charge in [-0.05, 0) is 29.8 Å². The molecule has 0 atom stereocenters. The summed E-state index contributed by atoms with van der Waals surface area (Å²) in [6.07, 6.45) is 3.45. The zero-order valence-electron chi connectivity index (χ0n) is 11.9. The molecular weight excluding hydrogens is 276 g/mol. The average molecular weight is 292 g/mol. The predicted molar refractivity (Wildman–Crippen MR) is 86.8 cm³/mol. The number of pyridine rings is 1. The molecule has 0 radical (unpaired) electrons. The molecular formula is C18H16N2O2. The molecule has 4 nitrogen and oxygen atoms in total. The van der Waals surface area contributed by atoms with Crippen molar-refractivity contribution in [2.24, 2.45) is 0 Å². The minimum absolute atomic E-state index is 0.231. The molecule has 0 saturated heterocycles. The summed E-state index contributed by atoms with van der Waals surface area (Å²) in [6, 6.07) is 16.2. The minimum Gasteiger partial charge on any atom is -0.508 e. The van der Waals surface area contributed by atoms with Gasteiger partial charge >= 0.3 is 0 Å². The first-order valence-corrected chi connectivity index (χ1v) is 6.97. The molecule has 1 aromatic heterocycles. The Morgan fingerprint density at radius 1 is 0.909 bits per heavy atom. The van der Waals surface area contributed by atoms with Crippen LogP contribution in [0.5, 0.6) is 11.5 Å². The summed E-state index contributed by atoms with van der Waals surface area (Å²) in [5.74, 6) is 0.481. The smallest absolute Gasteiger partial charge is 0.123 e. The third kappa shape index (κ3) is 3.17. The van der Waals surface area contributed by atoms with Gasteiger partial charge in [-0.25, -0.2) is 0 Å². The monoisotopic (exact) mass is 292 g/mol. The Bertz CT molecular complexity index is 787. The van der Waals surface area contributed by atoms with Gasteiger partial charge in [-0.1, -0.05) is 30.3 Å². The second-order valence-corrected chi connectivity index (χ2v) is 5.00. The van der Waals surface area contributed by atoms with Gasteiger partial charge in [0.15, 0.2) is 0 Å². The average Bonchev–Trinajstić information content (AvgIpc) is 2.54. The number of phenols is 2. The molecule has 0 aliphatic carbocycles. The number of hydrogen-bond donors (Lipinski definition) is 3. The maximum absolute atomic E-state index is 9.92. The highest BCUT2D eigenvalue weighted by Gasteiger charge is 2.04. The fourth-order valence-corrected chi connectivity index (χ4v) is 2.27. The minimum atomic E-state index is 0.231. The van der Waals surface area contributed by atoms with Crippen LogP contribution in [0.3, 0.4) is 0 Å². The number of aromatic hydroxyl groups is 2. The van der Waals surface area contributed by atoms with Gasteiger partial charge < -0.3 is 15.5 Å². The van der Waals surface area contributed by atoms with Crippen molar-refractivity contribution in [1.29, 1.82) is 0 Å². The molecule has 4 heteroatoms. The Morgan fingerprint density at radius 2 is 1.77 bits per heavy atom. The molecule has 0 aliphatic rings. The number of para-hydroxylation sites is 1. The summed E-state index contributed by atoms with van der Waals surface area (Å²) >= 11 is 0. The zero-order chi connectivity index (χ0) is 15.4. The van der Waals surface area contributed by atoms with E-state index in [0.29, 0.717) is 6.54 Å². The Labute approximate surface area is 128 Å². The standard InChI is InChI=1S/C18H16N2O2/c21-16-5-3-4-13(8-16)10-20-15-9-14(11-19-12-15)17-6-1-2-7-18(17)22/h1-9,11-12,20-22H,10H2. The molecule has 22 heavy (non-hydrogen) atoms. The molecule has 0 amide bonds. The molecule has 0 aliphatic heterocycles. The van der Waals surface area contributed by atoms with E-state index in [1.165, 1.54) is 0 Å². The van der Waals surface area contributed by atoms with Gasteiger partial charge in [0.25, 0.3) is 0 Å². The first kappa shape index (κ1) is 13.9. The molecule has 3 aromatic rings. The van der Waals surface area contributed by atoms with Crippen molar-refractivity contribution >= 4 is 5.69 Å². The maximum Gasteiger partial charge on any atom is 0.123 e. The number of nitrogens with zero attached hydrogens (tertiary/aromatic N) is 1. The number of rotatable bonds is 4. The second kappa shape index (κ2) is 6.18. The van der Waals surface area contributed by atoms with Crippen LogP contribution in [-0.2, 0) is 6.54 Å². The van der Waals surface area contributed by atoms with E-state index < -0.39 is 0 Å². The largest absolute Gasteiger partial charge is 0.508 e. The fraction of sp³-hybridized carbons (Fsp3) is 0.0556. The van der Waals surface area contributed by atoms with E-state index in [-0.39, 0.29) is 11.5 Å². The van der Waals surface area contributed by atoms with Crippen LogP contribution < -0.4 is 5.32 Å². The fourth-order valence-electron chi connectivity index (χ4n) is 2.27. The number of hydrogen-bond acceptors (Lipinski definition) is 4. The number of benzene rings is 2. The predicted octanol–water partition coefficient (Wildman–Crippen LogP) is 3.77. The van der Waals surface area contributed by atoms with E-state index in [2.05, 4.69) is 10.3 Å². The van der Waals surface area contributed by atoms with Crippen molar-refractivity contribution < 1.29 is 10.2 Å². The van der Waals surface area contributed by atoms with Crippen LogP contribution in [0, 0.1) is 0 Å². The lowest BCUT2D eigenvalue weighted by molar-refractivity contribution is 0.474. The van der Waals surface area contributed by atoms with Crippen molar-refractivity contribution in [3.63, 3.8) is 0 Å². The maximum atomic E-state index is 9.92. The van der Waals surface area contributed by atoms with Gasteiger partial charge in [-0.2, -0.15) is 0 Å². The Morgan fingerprint density at radius 3 is 2.59 bits per heavy atom. The van der Waals surface area contributed by atoms with Crippen LogP contribution in [0.4, 0.5) is 5.69 Å². The van der Waals surface area contributed by atoms with Crippen LogP contribution >= 0.6 is 0 Å². The lowest BCUT2D eigenvalue weighted by Crippen LogP contribution is -1.99. The molecule has 0 saturated carbocycles. The van der Waals surface area contributed by atoms with E-state index in [1.807, 2.05) is 30.3 Å². The van der Waals surface area contributed by atoms with Crippen molar-refractivity contribution in [1.82, 2.24) is 4.98 Å². The summed E-state index contributed by atoms with van der Waals surface area (Å²) < 4.78 is 0. The van der Waals surface area contributed by atoms with Crippen molar-refractivity contribution in [3.05, 3.63) is 72.6 Å². The van der Waals surface area contributed by atoms with Crippen LogP contribution in [0.15, 0.2) is 67.0 Å². The van der Waals surface area contributed by atoms with Crippen LogP contribution in [0.1, 0.15) is 5.56 Å². The summed E-state index contributed by atoms with van der Waals surface area (Å²) in [5, 5.41) is 22.6. The quantitative estimate of drug-likeness (QED) is 0.685. The third-order valence-corrected chi connectivity index (χ3v) is 3.36. The number of nitrogens with one attached hydrogen (secondary N) is 1. The molecule has 2 aromatic carbocycles. The third-order valence-electron chi connectivity index (χ3n) is 3.36. The molecule has 0 spiro atoms. The van der Waals surface area contributed by atoms with Crippen LogP contribution in [-0.4, -0.2) is 15.2 Å². The Hall–Kier alpha value is -3.01. The highest BCUT2D eigenvalue weighted by molar-refractivity contribution is 5.71. The second-order valence-electron chi connectivity index (χ2n) is 5.00. The highest BCUT2D eigenvalue weighted by atomic mass is 16.3. The van der Waals surface area contributed by atoms with Gasteiger partial charge in [-0.15, -0.1) is 0 Å². The molecule has 3 rings (SSSR count). The van der Waals surface area contributed by atoms with Gasteiger partial charge in [-0.3, -0.25) is 4.98 Å². The number of phenolic OH excluding ortho intramolecular Hbond substituents is 2. The van der Waals surface area contributed by atoms with Gasteiger partial charge in [0.2, 0.25) is 0 Å². The van der Waals surface area contributed by atoms with E-state index in [1.54, 1.807) is 36.7 Å². The lowest BCUT2D eigenvalue weighted by Gasteiger charge is -2.09. The first-order chi connectivity index (χ1) is 10.7. The number of aromatic nitrogens is 1. The Balaban J connectivity index is 1.79. The molecule has 0 bridgehead atoms. The summed E-state index contributed by atoms with van der Waals surface area (Å²) in [4.78, 5) is 4.21. The summed E-state index contributed by atoms with van der Waals surface area (Å²) in [7, 11) is 0.